The summed E-state index contributed by atoms with van der Waals surface area (Å²) in [6.07, 6.45) is 9.07. The average Bonchev–Trinajstić information content (AvgIpc) is 2.75. The van der Waals surface area contributed by atoms with Crippen molar-refractivity contribution >= 4 is 11.9 Å². The molecule has 6 nitrogen and oxygen atoms in total. The zero-order valence-corrected chi connectivity index (χ0v) is 17.8. The topological polar surface area (TPSA) is 75.6 Å². The van der Waals surface area contributed by atoms with Gasteiger partial charge in [0.2, 0.25) is 5.95 Å². The van der Waals surface area contributed by atoms with E-state index in [4.69, 9.17) is 9.84 Å². The van der Waals surface area contributed by atoms with Crippen LogP contribution in [0.5, 0.6) is 5.75 Å². The van der Waals surface area contributed by atoms with Gasteiger partial charge in [-0.1, -0.05) is 13.3 Å². The van der Waals surface area contributed by atoms with Crippen molar-refractivity contribution in [3.63, 3.8) is 0 Å². The number of aryl methyl sites for hydroxylation is 1. The lowest BCUT2D eigenvalue weighted by Crippen LogP contribution is -2.35. The van der Waals surface area contributed by atoms with E-state index in [0.29, 0.717) is 12.5 Å². The van der Waals surface area contributed by atoms with E-state index in [1.807, 2.05) is 12.4 Å². The largest absolute Gasteiger partial charge is 0.493 e. The van der Waals surface area contributed by atoms with Gasteiger partial charge in [0.15, 0.2) is 0 Å². The fourth-order valence-electron chi connectivity index (χ4n) is 3.90. The van der Waals surface area contributed by atoms with Crippen LogP contribution in [-0.4, -0.2) is 40.7 Å². The average molecular weight is 433 g/mol. The number of ether oxygens (including phenoxy) is 1. The van der Waals surface area contributed by atoms with E-state index in [-0.39, 0.29) is 5.75 Å². The molecule has 1 aromatic carbocycles. The maximum atomic E-state index is 13.9. The molecule has 0 atom stereocenters. The number of hydrogen-bond acceptors (Lipinski definition) is 5. The number of nitrogens with zero attached hydrogens (tertiary/aromatic N) is 3. The SMILES string of the molecule is CCCc1cnc(N2CCC(CCCOc3cc(F)c(CC(=O)O)c(F)c3)CC2)nc1. The molecule has 0 amide bonds. The fourth-order valence-corrected chi connectivity index (χ4v) is 3.90. The number of carboxylic acids is 1. The van der Waals surface area contributed by atoms with Gasteiger partial charge >= 0.3 is 5.97 Å². The first-order chi connectivity index (χ1) is 15.0. The zero-order valence-electron chi connectivity index (χ0n) is 17.8. The van der Waals surface area contributed by atoms with Gasteiger partial charge in [0.1, 0.15) is 17.4 Å². The lowest BCUT2D eigenvalue weighted by atomic mass is 9.92. The number of rotatable bonds is 10. The van der Waals surface area contributed by atoms with Gasteiger partial charge in [-0.15, -0.1) is 0 Å². The molecular weight excluding hydrogens is 404 g/mol. The molecule has 2 heterocycles. The molecule has 0 unspecified atom stereocenters. The van der Waals surface area contributed by atoms with E-state index in [9.17, 15) is 13.6 Å². The Labute approximate surface area is 181 Å². The van der Waals surface area contributed by atoms with E-state index in [1.165, 1.54) is 0 Å². The molecular formula is C23H29F2N3O3. The summed E-state index contributed by atoms with van der Waals surface area (Å²) in [6, 6.07) is 2.09. The molecule has 31 heavy (non-hydrogen) atoms. The summed E-state index contributed by atoms with van der Waals surface area (Å²) in [5.41, 5.74) is 0.716. The van der Waals surface area contributed by atoms with Gasteiger partial charge in [-0.3, -0.25) is 4.79 Å². The number of halogens is 2. The molecule has 0 radical (unpaired) electrons. The van der Waals surface area contributed by atoms with Crippen LogP contribution in [0.2, 0.25) is 0 Å². The highest BCUT2D eigenvalue weighted by Crippen LogP contribution is 2.25. The Morgan fingerprint density at radius 1 is 1.19 bits per heavy atom. The van der Waals surface area contributed by atoms with E-state index < -0.39 is 29.6 Å². The number of piperidine rings is 1. The normalized spacial score (nSPS) is 14.6. The van der Waals surface area contributed by atoms with Crippen molar-refractivity contribution in [3.05, 3.63) is 47.3 Å². The first-order valence-electron chi connectivity index (χ1n) is 10.8. The van der Waals surface area contributed by atoms with Crippen molar-refractivity contribution in [2.24, 2.45) is 5.92 Å². The summed E-state index contributed by atoms with van der Waals surface area (Å²) in [7, 11) is 0. The summed E-state index contributed by atoms with van der Waals surface area (Å²) in [5.74, 6) is -1.62. The lowest BCUT2D eigenvalue weighted by Gasteiger charge is -2.32. The Bertz CT molecular complexity index is 846. The summed E-state index contributed by atoms with van der Waals surface area (Å²) in [6.45, 7) is 4.33. The van der Waals surface area contributed by atoms with Crippen molar-refractivity contribution < 1.29 is 23.4 Å². The smallest absolute Gasteiger partial charge is 0.308 e. The second-order valence-electron chi connectivity index (χ2n) is 8.00. The van der Waals surface area contributed by atoms with Gasteiger partial charge in [0.05, 0.1) is 13.0 Å². The standard InChI is InChI=1S/C23H29F2N3O3/c1-2-4-17-14-26-23(27-15-17)28-8-6-16(7-9-28)5-3-10-31-18-11-20(24)19(13-22(29)30)21(25)12-18/h11-12,14-16H,2-10,13H2,1H3,(H,29,30). The van der Waals surface area contributed by atoms with Crippen LogP contribution >= 0.6 is 0 Å². The predicted molar refractivity (Wildman–Crippen MR) is 113 cm³/mol. The van der Waals surface area contributed by atoms with E-state index in [1.54, 1.807) is 0 Å². The van der Waals surface area contributed by atoms with Crippen molar-refractivity contribution in [3.8, 4) is 5.75 Å². The summed E-state index contributed by atoms with van der Waals surface area (Å²) in [4.78, 5) is 21.9. The van der Waals surface area contributed by atoms with Crippen molar-refractivity contribution in [2.45, 2.75) is 51.9 Å². The monoisotopic (exact) mass is 433 g/mol. The minimum Gasteiger partial charge on any atom is -0.493 e. The second kappa shape index (κ2) is 11.0. The lowest BCUT2D eigenvalue weighted by molar-refractivity contribution is -0.136. The third-order valence-corrected chi connectivity index (χ3v) is 5.60. The number of carboxylic acid groups (broad SMARTS) is 1. The molecule has 1 saturated heterocycles. The molecule has 2 aromatic rings. The van der Waals surface area contributed by atoms with E-state index >= 15 is 0 Å². The van der Waals surface area contributed by atoms with Gasteiger partial charge in [-0.2, -0.15) is 0 Å². The molecule has 0 saturated carbocycles. The van der Waals surface area contributed by atoms with Crippen LogP contribution in [0.1, 0.15) is 50.2 Å². The molecule has 8 heteroatoms. The van der Waals surface area contributed by atoms with Crippen molar-refractivity contribution in [2.75, 3.05) is 24.6 Å². The van der Waals surface area contributed by atoms with Gasteiger partial charge in [0, 0.05) is 43.2 Å². The Kier molecular flexibility index (Phi) is 8.14. The third-order valence-electron chi connectivity index (χ3n) is 5.60. The molecule has 1 N–H and O–H groups in total. The quantitative estimate of drug-likeness (QED) is 0.560. The van der Waals surface area contributed by atoms with E-state index in [2.05, 4.69) is 21.8 Å². The minimum absolute atomic E-state index is 0.0858. The van der Waals surface area contributed by atoms with Crippen molar-refractivity contribution in [1.29, 1.82) is 0 Å². The van der Waals surface area contributed by atoms with Gasteiger partial charge in [0.25, 0.3) is 0 Å². The minimum atomic E-state index is -1.28. The second-order valence-corrected chi connectivity index (χ2v) is 8.00. The Morgan fingerprint density at radius 3 is 2.42 bits per heavy atom. The molecule has 1 fully saturated rings. The van der Waals surface area contributed by atoms with Crippen LogP contribution in [0.3, 0.4) is 0 Å². The molecule has 3 rings (SSSR count). The number of anilines is 1. The maximum absolute atomic E-state index is 13.9. The van der Waals surface area contributed by atoms with Crippen LogP contribution < -0.4 is 9.64 Å². The van der Waals surface area contributed by atoms with Crippen molar-refractivity contribution in [1.82, 2.24) is 9.97 Å². The van der Waals surface area contributed by atoms with Crippen LogP contribution in [0.4, 0.5) is 14.7 Å². The molecule has 0 spiro atoms. The first kappa shape index (κ1) is 22.9. The van der Waals surface area contributed by atoms with Gasteiger partial charge < -0.3 is 14.7 Å². The maximum Gasteiger partial charge on any atom is 0.308 e. The first-order valence-corrected chi connectivity index (χ1v) is 10.8. The highest BCUT2D eigenvalue weighted by atomic mass is 19.1. The number of aromatic nitrogens is 2. The number of aliphatic carboxylic acids is 1. The Balaban J connectivity index is 1.39. The highest BCUT2D eigenvalue weighted by molar-refractivity contribution is 5.70. The van der Waals surface area contributed by atoms with Gasteiger partial charge in [-0.25, -0.2) is 18.7 Å². The fraction of sp³-hybridized carbons (Fsp3) is 0.522. The summed E-state index contributed by atoms with van der Waals surface area (Å²) >= 11 is 0. The Hall–Kier alpha value is -2.77. The molecule has 1 aliphatic heterocycles. The predicted octanol–water partition coefficient (Wildman–Crippen LogP) is 4.41. The summed E-state index contributed by atoms with van der Waals surface area (Å²) < 4.78 is 33.3. The summed E-state index contributed by atoms with van der Waals surface area (Å²) in [5, 5.41) is 8.72. The molecule has 0 bridgehead atoms. The molecule has 168 valence electrons. The molecule has 1 aliphatic rings. The van der Waals surface area contributed by atoms with Crippen LogP contribution in [0, 0.1) is 17.6 Å². The zero-order chi connectivity index (χ0) is 22.2. The van der Waals surface area contributed by atoms with Crippen LogP contribution in [-0.2, 0) is 17.6 Å². The number of carbonyl (C=O) groups is 1. The molecule has 1 aromatic heterocycles. The number of benzene rings is 1. The van der Waals surface area contributed by atoms with Gasteiger partial charge in [-0.05, 0) is 43.6 Å². The van der Waals surface area contributed by atoms with E-state index in [0.717, 1.165) is 75.3 Å². The Morgan fingerprint density at radius 2 is 1.84 bits per heavy atom. The van der Waals surface area contributed by atoms with Crippen LogP contribution in [0.25, 0.3) is 0 Å². The number of hydrogen-bond donors (Lipinski definition) is 1. The van der Waals surface area contributed by atoms with Crippen LogP contribution in [0.15, 0.2) is 24.5 Å². The highest BCUT2D eigenvalue weighted by Gasteiger charge is 2.21. The third kappa shape index (κ3) is 6.60. The molecule has 0 aliphatic carbocycles.